The molecule has 0 atom stereocenters. The molecule has 0 fully saturated rings. The monoisotopic (exact) mass is 304 g/mol. The molecule has 0 saturated carbocycles. The summed E-state index contributed by atoms with van der Waals surface area (Å²) in [6, 6.07) is 3.73. The summed E-state index contributed by atoms with van der Waals surface area (Å²) < 4.78 is 4.58. The molecule has 1 amide bonds. The Labute approximate surface area is 131 Å². The number of aromatic nitrogens is 1. The van der Waals surface area contributed by atoms with Gasteiger partial charge in [-0.15, -0.1) is 0 Å². The zero-order valence-corrected chi connectivity index (χ0v) is 13.1. The van der Waals surface area contributed by atoms with Crippen molar-refractivity contribution in [3.05, 3.63) is 36.2 Å². The van der Waals surface area contributed by atoms with Crippen molar-refractivity contribution in [3.8, 4) is 0 Å². The normalized spacial score (nSPS) is 10.6. The van der Waals surface area contributed by atoms with E-state index in [-0.39, 0.29) is 11.9 Å². The summed E-state index contributed by atoms with van der Waals surface area (Å²) in [5, 5.41) is 2.85. The number of esters is 1. The van der Waals surface area contributed by atoms with Crippen LogP contribution in [0.5, 0.6) is 0 Å². The molecule has 1 N–H and O–H groups in total. The number of methoxy groups -OCH3 is 1. The third-order valence-corrected chi connectivity index (χ3v) is 3.20. The molecule has 22 heavy (non-hydrogen) atoms. The summed E-state index contributed by atoms with van der Waals surface area (Å²) in [4.78, 5) is 26.5. The Morgan fingerprint density at radius 1 is 1.23 bits per heavy atom. The van der Waals surface area contributed by atoms with Crippen molar-refractivity contribution in [1.29, 1.82) is 0 Å². The van der Waals surface area contributed by atoms with Gasteiger partial charge in [0.25, 0.3) is 0 Å². The summed E-state index contributed by atoms with van der Waals surface area (Å²) in [7, 11) is 1.41. The Morgan fingerprint density at radius 2 is 2.00 bits per heavy atom. The topological polar surface area (TPSA) is 68.3 Å². The number of nitrogens with zero attached hydrogens (tertiary/aromatic N) is 1. The largest absolute Gasteiger partial charge is 0.469 e. The fourth-order valence-corrected chi connectivity index (χ4v) is 1.94. The number of hydrogen-bond acceptors (Lipinski definition) is 4. The van der Waals surface area contributed by atoms with Crippen LogP contribution >= 0.6 is 0 Å². The Balaban J connectivity index is 1.99. The summed E-state index contributed by atoms with van der Waals surface area (Å²) in [5.41, 5.74) is 0.906. The Morgan fingerprint density at radius 3 is 2.73 bits per heavy atom. The highest BCUT2D eigenvalue weighted by Gasteiger charge is 1.99. The molecule has 0 unspecified atom stereocenters. The average molecular weight is 304 g/mol. The molecule has 1 aromatic heterocycles. The van der Waals surface area contributed by atoms with E-state index in [0.717, 1.165) is 37.7 Å². The van der Waals surface area contributed by atoms with Crippen molar-refractivity contribution >= 4 is 18.0 Å². The lowest BCUT2D eigenvalue weighted by molar-refractivity contribution is -0.140. The molecule has 0 aliphatic rings. The van der Waals surface area contributed by atoms with Crippen LogP contribution in [-0.2, 0) is 14.3 Å². The smallest absolute Gasteiger partial charge is 0.305 e. The number of nitrogens with one attached hydrogen (secondary N) is 1. The number of hydrogen-bond donors (Lipinski definition) is 1. The second-order valence-corrected chi connectivity index (χ2v) is 5.00. The number of pyridine rings is 1. The van der Waals surface area contributed by atoms with Crippen LogP contribution in [-0.4, -0.2) is 30.5 Å². The number of amides is 1. The Kier molecular flexibility index (Phi) is 9.33. The van der Waals surface area contributed by atoms with Gasteiger partial charge < -0.3 is 10.1 Å². The van der Waals surface area contributed by atoms with Crippen LogP contribution < -0.4 is 5.32 Å². The predicted octanol–water partition coefficient (Wildman–Crippen LogP) is 2.72. The maximum Gasteiger partial charge on any atom is 0.305 e. The lowest BCUT2D eigenvalue weighted by Crippen LogP contribution is -2.21. The van der Waals surface area contributed by atoms with E-state index in [1.54, 1.807) is 18.5 Å². The lowest BCUT2D eigenvalue weighted by atomic mass is 10.1. The lowest BCUT2D eigenvalue weighted by Gasteiger charge is -2.03. The quantitative estimate of drug-likeness (QED) is 0.410. The van der Waals surface area contributed by atoms with Gasteiger partial charge in [-0.25, -0.2) is 0 Å². The molecule has 1 aromatic rings. The fraction of sp³-hybridized carbons (Fsp3) is 0.471. The van der Waals surface area contributed by atoms with Crippen LogP contribution in [0.15, 0.2) is 30.6 Å². The van der Waals surface area contributed by atoms with Crippen LogP contribution in [0.3, 0.4) is 0 Å². The first-order chi connectivity index (χ1) is 10.7. The number of carbonyl (C=O) groups is 2. The van der Waals surface area contributed by atoms with Crippen LogP contribution in [0.4, 0.5) is 0 Å². The Hall–Kier alpha value is -2.17. The van der Waals surface area contributed by atoms with Crippen molar-refractivity contribution < 1.29 is 14.3 Å². The maximum absolute atomic E-state index is 11.6. The van der Waals surface area contributed by atoms with E-state index in [1.807, 2.05) is 12.1 Å². The minimum atomic E-state index is -0.146. The molecule has 0 spiro atoms. The molecule has 0 radical (unpaired) electrons. The van der Waals surface area contributed by atoms with Gasteiger partial charge in [-0.3, -0.25) is 14.6 Å². The molecule has 5 nitrogen and oxygen atoms in total. The molecular weight excluding hydrogens is 280 g/mol. The minimum absolute atomic E-state index is 0.0884. The van der Waals surface area contributed by atoms with Crippen LogP contribution in [0.1, 0.15) is 44.1 Å². The van der Waals surface area contributed by atoms with E-state index in [0.29, 0.717) is 13.0 Å². The summed E-state index contributed by atoms with van der Waals surface area (Å²) >= 11 is 0. The first-order valence-corrected chi connectivity index (χ1v) is 7.65. The highest BCUT2D eigenvalue weighted by molar-refractivity contribution is 5.91. The third kappa shape index (κ3) is 8.89. The first kappa shape index (κ1) is 17.9. The van der Waals surface area contributed by atoms with Gasteiger partial charge in [0.2, 0.25) is 5.91 Å². The molecule has 0 aliphatic carbocycles. The van der Waals surface area contributed by atoms with Gasteiger partial charge in [0, 0.05) is 31.4 Å². The molecule has 0 saturated heterocycles. The SMILES string of the molecule is COC(=O)CCCCCCCNC(=O)/C=C/c1cccnc1. The van der Waals surface area contributed by atoms with Gasteiger partial charge in [-0.05, 0) is 30.5 Å². The maximum atomic E-state index is 11.6. The number of unbranched alkanes of at least 4 members (excludes halogenated alkanes) is 4. The van der Waals surface area contributed by atoms with E-state index in [1.165, 1.54) is 13.2 Å². The molecular formula is C17H24N2O3. The van der Waals surface area contributed by atoms with Gasteiger partial charge >= 0.3 is 5.97 Å². The van der Waals surface area contributed by atoms with Crippen molar-refractivity contribution in [2.45, 2.75) is 38.5 Å². The van der Waals surface area contributed by atoms with Crippen LogP contribution in [0.2, 0.25) is 0 Å². The van der Waals surface area contributed by atoms with E-state index in [4.69, 9.17) is 0 Å². The summed E-state index contributed by atoms with van der Waals surface area (Å²) in [6.07, 6.45) is 12.1. The van der Waals surface area contributed by atoms with Gasteiger partial charge in [0.05, 0.1) is 7.11 Å². The zero-order valence-electron chi connectivity index (χ0n) is 13.1. The molecule has 1 rings (SSSR count). The summed E-state index contributed by atoms with van der Waals surface area (Å²) in [6.45, 7) is 0.674. The van der Waals surface area contributed by atoms with Crippen molar-refractivity contribution in [3.63, 3.8) is 0 Å². The number of rotatable bonds is 10. The van der Waals surface area contributed by atoms with Crippen molar-refractivity contribution in [1.82, 2.24) is 10.3 Å². The second-order valence-electron chi connectivity index (χ2n) is 5.00. The second kappa shape index (κ2) is 11.5. The summed E-state index contributed by atoms with van der Waals surface area (Å²) in [5.74, 6) is -0.234. The molecule has 120 valence electrons. The van der Waals surface area contributed by atoms with Gasteiger partial charge in [0.15, 0.2) is 0 Å². The molecule has 5 heteroatoms. The van der Waals surface area contributed by atoms with Gasteiger partial charge in [0.1, 0.15) is 0 Å². The number of carbonyl (C=O) groups excluding carboxylic acids is 2. The van der Waals surface area contributed by atoms with E-state index in [9.17, 15) is 9.59 Å². The van der Waals surface area contributed by atoms with Gasteiger partial charge in [-0.2, -0.15) is 0 Å². The molecule has 0 aromatic carbocycles. The van der Waals surface area contributed by atoms with Crippen molar-refractivity contribution in [2.75, 3.05) is 13.7 Å². The first-order valence-electron chi connectivity index (χ1n) is 7.65. The third-order valence-electron chi connectivity index (χ3n) is 3.20. The standard InChI is InChI=1S/C17H24N2O3/c1-22-17(21)9-5-3-2-4-6-13-19-16(20)11-10-15-8-7-12-18-14-15/h7-8,10-12,14H,2-6,9,13H2,1H3,(H,19,20)/b11-10+. The van der Waals surface area contributed by atoms with Gasteiger partial charge in [-0.1, -0.05) is 25.3 Å². The predicted molar refractivity (Wildman–Crippen MR) is 86.0 cm³/mol. The molecule has 0 bridgehead atoms. The van der Waals surface area contributed by atoms with E-state index >= 15 is 0 Å². The van der Waals surface area contributed by atoms with Crippen molar-refractivity contribution in [2.24, 2.45) is 0 Å². The zero-order chi connectivity index (χ0) is 16.0. The fourth-order valence-electron chi connectivity index (χ4n) is 1.94. The highest BCUT2D eigenvalue weighted by Crippen LogP contribution is 2.05. The minimum Gasteiger partial charge on any atom is -0.469 e. The van der Waals surface area contributed by atoms with E-state index < -0.39 is 0 Å². The average Bonchev–Trinajstić information content (AvgIpc) is 2.56. The highest BCUT2D eigenvalue weighted by atomic mass is 16.5. The van der Waals surface area contributed by atoms with Crippen LogP contribution in [0.25, 0.3) is 6.08 Å². The van der Waals surface area contributed by atoms with Crippen LogP contribution in [0, 0.1) is 0 Å². The molecule has 1 heterocycles. The molecule has 0 aliphatic heterocycles. The Bertz CT molecular complexity index is 472. The number of ether oxygens (including phenoxy) is 1. The van der Waals surface area contributed by atoms with E-state index in [2.05, 4.69) is 15.0 Å².